The maximum atomic E-state index is 12.6. The second-order valence-electron chi connectivity index (χ2n) is 5.76. The zero-order valence-corrected chi connectivity index (χ0v) is 15.5. The van der Waals surface area contributed by atoms with E-state index in [4.69, 9.17) is 14.2 Å². The minimum absolute atomic E-state index is 0.174. The van der Waals surface area contributed by atoms with Crippen molar-refractivity contribution in [2.24, 2.45) is 0 Å². The van der Waals surface area contributed by atoms with Crippen molar-refractivity contribution in [3.8, 4) is 11.5 Å². The van der Waals surface area contributed by atoms with Crippen LogP contribution in [-0.2, 0) is 15.1 Å². The first-order valence-corrected chi connectivity index (χ1v) is 8.32. The molecule has 0 saturated carbocycles. The Morgan fingerprint density at radius 1 is 1.00 bits per heavy atom. The molecule has 2 rings (SSSR count). The van der Waals surface area contributed by atoms with Crippen molar-refractivity contribution in [1.29, 1.82) is 0 Å². The lowest BCUT2D eigenvalue weighted by Crippen LogP contribution is -2.38. The van der Waals surface area contributed by atoms with Crippen molar-refractivity contribution in [2.75, 3.05) is 20.8 Å². The van der Waals surface area contributed by atoms with Gasteiger partial charge in [0.25, 0.3) is 0 Å². The minimum Gasteiger partial charge on any atom is -0.497 e. The van der Waals surface area contributed by atoms with E-state index < -0.39 is 11.6 Å². The Balaban J connectivity index is 2.47. The average Bonchev–Trinajstić information content (AvgIpc) is 2.68. The second kappa shape index (κ2) is 8.54. The molecule has 0 aliphatic heterocycles. The van der Waals surface area contributed by atoms with E-state index in [-0.39, 0.29) is 6.61 Å². The lowest BCUT2D eigenvalue weighted by atomic mass is 9.85. The third-order valence-electron chi connectivity index (χ3n) is 4.15. The van der Waals surface area contributed by atoms with E-state index in [1.807, 2.05) is 24.3 Å². The number of aliphatic hydroxyl groups is 1. The van der Waals surface area contributed by atoms with Crippen LogP contribution in [0.25, 0.3) is 6.08 Å². The summed E-state index contributed by atoms with van der Waals surface area (Å²) in [6.07, 6.45) is 1.75. The van der Waals surface area contributed by atoms with Gasteiger partial charge >= 0.3 is 5.97 Å². The van der Waals surface area contributed by atoms with Gasteiger partial charge in [-0.15, -0.1) is 0 Å². The van der Waals surface area contributed by atoms with Gasteiger partial charge in [-0.25, -0.2) is 4.79 Å². The highest BCUT2D eigenvalue weighted by Crippen LogP contribution is 2.33. The van der Waals surface area contributed by atoms with Gasteiger partial charge in [-0.2, -0.15) is 0 Å². The summed E-state index contributed by atoms with van der Waals surface area (Å²) in [7, 11) is 3.15. The average molecular weight is 356 g/mol. The Kier molecular flexibility index (Phi) is 6.41. The van der Waals surface area contributed by atoms with Gasteiger partial charge in [0.1, 0.15) is 11.5 Å². The summed E-state index contributed by atoms with van der Waals surface area (Å²) in [5.41, 5.74) is -0.188. The summed E-state index contributed by atoms with van der Waals surface area (Å²) in [6.45, 7) is 3.58. The van der Waals surface area contributed by atoms with Gasteiger partial charge < -0.3 is 19.3 Å². The van der Waals surface area contributed by atoms with Crippen LogP contribution >= 0.6 is 0 Å². The van der Waals surface area contributed by atoms with Crippen LogP contribution in [0.1, 0.15) is 25.0 Å². The molecule has 0 heterocycles. The van der Waals surface area contributed by atoms with E-state index >= 15 is 0 Å². The fourth-order valence-corrected chi connectivity index (χ4v) is 2.63. The fourth-order valence-electron chi connectivity index (χ4n) is 2.63. The Hall–Kier alpha value is -2.79. The van der Waals surface area contributed by atoms with Gasteiger partial charge in [-0.3, -0.25) is 0 Å². The molecule has 0 radical (unpaired) electrons. The van der Waals surface area contributed by atoms with E-state index in [0.29, 0.717) is 16.9 Å². The van der Waals surface area contributed by atoms with Gasteiger partial charge in [-0.05, 0) is 54.8 Å². The molecule has 1 atom stereocenters. The minimum atomic E-state index is -1.89. The van der Waals surface area contributed by atoms with Crippen LogP contribution in [0, 0.1) is 0 Å². The number of ether oxygens (including phenoxy) is 3. The summed E-state index contributed by atoms with van der Waals surface area (Å²) in [6, 6.07) is 14.0. The quantitative estimate of drug-likeness (QED) is 0.769. The lowest BCUT2D eigenvalue weighted by Gasteiger charge is -2.27. The predicted molar refractivity (Wildman–Crippen MR) is 100 cm³/mol. The summed E-state index contributed by atoms with van der Waals surface area (Å²) >= 11 is 0. The molecule has 5 heteroatoms. The predicted octanol–water partition coefficient (Wildman–Crippen LogP) is 3.56. The molecule has 2 aromatic rings. The molecule has 0 aliphatic carbocycles. The zero-order valence-electron chi connectivity index (χ0n) is 15.5. The Morgan fingerprint density at radius 2 is 1.50 bits per heavy atom. The highest BCUT2D eigenvalue weighted by molar-refractivity contribution is 5.86. The number of hydrogen-bond donors (Lipinski definition) is 1. The first-order chi connectivity index (χ1) is 12.4. The first kappa shape index (κ1) is 19.5. The molecule has 0 fully saturated rings. The number of esters is 1. The second-order valence-corrected chi connectivity index (χ2v) is 5.76. The van der Waals surface area contributed by atoms with Crippen LogP contribution in [-0.4, -0.2) is 31.9 Å². The van der Waals surface area contributed by atoms with Crippen molar-refractivity contribution >= 4 is 12.0 Å². The number of rotatable bonds is 7. The number of methoxy groups -OCH3 is 2. The molecule has 1 unspecified atom stereocenters. The molecule has 138 valence electrons. The largest absolute Gasteiger partial charge is 0.497 e. The molecule has 26 heavy (non-hydrogen) atoms. The summed E-state index contributed by atoms with van der Waals surface area (Å²) < 4.78 is 15.4. The van der Waals surface area contributed by atoms with Gasteiger partial charge in [0.05, 0.1) is 20.8 Å². The van der Waals surface area contributed by atoms with Gasteiger partial charge in [-0.1, -0.05) is 30.3 Å². The van der Waals surface area contributed by atoms with Crippen molar-refractivity contribution in [3.63, 3.8) is 0 Å². The highest BCUT2D eigenvalue weighted by Gasteiger charge is 2.41. The molecular weight excluding hydrogens is 332 g/mol. The molecular formula is C21H24O5. The summed E-state index contributed by atoms with van der Waals surface area (Å²) in [5.74, 6) is 0.653. The lowest BCUT2D eigenvalue weighted by molar-refractivity contribution is -0.161. The Morgan fingerprint density at radius 3 is 1.96 bits per heavy atom. The molecule has 2 aromatic carbocycles. The molecule has 0 spiro atoms. The van der Waals surface area contributed by atoms with Crippen LogP contribution in [0.2, 0.25) is 0 Å². The van der Waals surface area contributed by atoms with Crippen molar-refractivity contribution < 1.29 is 24.1 Å². The SMILES string of the molecule is CCOC(=O)C(O)(/C(C)=C/c1ccc(OC)cc1)c1ccc(OC)cc1. The molecule has 0 bridgehead atoms. The van der Waals surface area contributed by atoms with Gasteiger partial charge in [0.15, 0.2) is 0 Å². The molecule has 0 aromatic heterocycles. The molecule has 0 aliphatic rings. The van der Waals surface area contributed by atoms with E-state index in [2.05, 4.69) is 0 Å². The normalized spacial score (nSPS) is 13.7. The van der Waals surface area contributed by atoms with Crippen molar-refractivity contribution in [1.82, 2.24) is 0 Å². The number of carbonyl (C=O) groups is 1. The van der Waals surface area contributed by atoms with Gasteiger partial charge in [0.2, 0.25) is 5.60 Å². The standard InChI is InChI=1S/C21H24O5/c1-5-26-20(22)21(23,17-8-12-19(25-4)13-9-17)15(2)14-16-6-10-18(24-3)11-7-16/h6-14,23H,5H2,1-4H3/b15-14+. The third-order valence-corrected chi connectivity index (χ3v) is 4.15. The van der Waals surface area contributed by atoms with Crippen LogP contribution < -0.4 is 9.47 Å². The molecule has 5 nitrogen and oxygen atoms in total. The van der Waals surface area contributed by atoms with Crippen LogP contribution in [0.3, 0.4) is 0 Å². The van der Waals surface area contributed by atoms with Gasteiger partial charge in [0, 0.05) is 0 Å². The summed E-state index contributed by atoms with van der Waals surface area (Å²) in [5, 5.41) is 11.3. The highest BCUT2D eigenvalue weighted by atomic mass is 16.5. The fraction of sp³-hybridized carbons (Fsp3) is 0.286. The third kappa shape index (κ3) is 4.06. The maximum absolute atomic E-state index is 12.6. The maximum Gasteiger partial charge on any atom is 0.347 e. The number of benzene rings is 2. The Labute approximate surface area is 153 Å². The topological polar surface area (TPSA) is 65.0 Å². The smallest absolute Gasteiger partial charge is 0.347 e. The van der Waals surface area contributed by atoms with Crippen LogP contribution in [0.4, 0.5) is 0 Å². The van der Waals surface area contributed by atoms with E-state index in [1.54, 1.807) is 58.4 Å². The monoisotopic (exact) mass is 356 g/mol. The van der Waals surface area contributed by atoms with Crippen molar-refractivity contribution in [3.05, 3.63) is 65.2 Å². The van der Waals surface area contributed by atoms with E-state index in [9.17, 15) is 9.90 Å². The molecule has 0 amide bonds. The Bertz CT molecular complexity index is 762. The van der Waals surface area contributed by atoms with Crippen LogP contribution in [0.15, 0.2) is 54.1 Å². The van der Waals surface area contributed by atoms with Crippen molar-refractivity contribution in [2.45, 2.75) is 19.4 Å². The van der Waals surface area contributed by atoms with Crippen LogP contribution in [0.5, 0.6) is 11.5 Å². The summed E-state index contributed by atoms with van der Waals surface area (Å²) in [4.78, 5) is 12.6. The van der Waals surface area contributed by atoms with E-state index in [1.165, 1.54) is 0 Å². The number of carbonyl (C=O) groups excluding carboxylic acids is 1. The molecule has 1 N–H and O–H groups in total. The number of hydrogen-bond acceptors (Lipinski definition) is 5. The molecule has 0 saturated heterocycles. The van der Waals surface area contributed by atoms with E-state index in [0.717, 1.165) is 11.3 Å². The first-order valence-electron chi connectivity index (χ1n) is 8.32. The zero-order chi connectivity index (χ0) is 19.2.